The molecule has 1 N–H and O–H groups in total. The average Bonchev–Trinajstić information content (AvgIpc) is 3.05. The Hall–Kier alpha value is -1.82. The SMILES string of the molecule is O=C(CSCc1nc(-c2ccccc2)no1)NC1CCCCC1. The molecule has 1 fully saturated rings. The first-order chi connectivity index (χ1) is 11.3. The molecule has 0 saturated heterocycles. The molecule has 6 heteroatoms. The molecule has 1 aromatic heterocycles. The molecule has 0 radical (unpaired) electrons. The molecule has 1 aromatic carbocycles. The van der Waals surface area contributed by atoms with Crippen LogP contribution in [0.15, 0.2) is 34.9 Å². The second-order valence-corrected chi connectivity index (χ2v) is 6.76. The number of nitrogens with zero attached hydrogens (tertiary/aromatic N) is 2. The van der Waals surface area contributed by atoms with Crippen LogP contribution in [0.2, 0.25) is 0 Å². The van der Waals surface area contributed by atoms with Crippen molar-refractivity contribution < 1.29 is 9.32 Å². The Kier molecular flexibility index (Phi) is 5.69. The molecule has 3 rings (SSSR count). The predicted octanol–water partition coefficient (Wildman–Crippen LogP) is 3.42. The number of rotatable bonds is 6. The second-order valence-electron chi connectivity index (χ2n) is 5.77. The van der Waals surface area contributed by atoms with Gasteiger partial charge in [0, 0.05) is 11.6 Å². The molecule has 0 spiro atoms. The molecule has 0 aliphatic heterocycles. The minimum Gasteiger partial charge on any atom is -0.353 e. The van der Waals surface area contributed by atoms with E-state index in [1.54, 1.807) is 0 Å². The quantitative estimate of drug-likeness (QED) is 0.878. The van der Waals surface area contributed by atoms with Gasteiger partial charge >= 0.3 is 0 Å². The summed E-state index contributed by atoms with van der Waals surface area (Å²) in [5.41, 5.74) is 0.933. The van der Waals surface area contributed by atoms with Crippen molar-refractivity contribution in [3.05, 3.63) is 36.2 Å². The molecule has 5 nitrogen and oxygen atoms in total. The van der Waals surface area contributed by atoms with E-state index >= 15 is 0 Å². The number of amides is 1. The van der Waals surface area contributed by atoms with Crippen molar-refractivity contribution >= 4 is 17.7 Å². The predicted molar refractivity (Wildman–Crippen MR) is 90.9 cm³/mol. The zero-order valence-electron chi connectivity index (χ0n) is 13.0. The molecule has 2 aromatic rings. The molecule has 1 saturated carbocycles. The summed E-state index contributed by atoms with van der Waals surface area (Å²) in [7, 11) is 0. The van der Waals surface area contributed by atoms with Gasteiger partial charge in [-0.25, -0.2) is 0 Å². The van der Waals surface area contributed by atoms with E-state index in [1.165, 1.54) is 31.0 Å². The number of thioether (sulfide) groups is 1. The maximum atomic E-state index is 11.9. The lowest BCUT2D eigenvalue weighted by atomic mass is 9.95. The van der Waals surface area contributed by atoms with Crippen LogP contribution in [-0.4, -0.2) is 27.8 Å². The smallest absolute Gasteiger partial charge is 0.236 e. The lowest BCUT2D eigenvalue weighted by Gasteiger charge is -2.22. The standard InChI is InChI=1S/C17H21N3O2S/c21-15(18-14-9-5-2-6-10-14)11-23-12-16-19-17(20-22-16)13-7-3-1-4-8-13/h1,3-4,7-8,14H,2,5-6,9-12H2,(H,18,21). The summed E-state index contributed by atoms with van der Waals surface area (Å²) in [6.45, 7) is 0. The van der Waals surface area contributed by atoms with E-state index in [-0.39, 0.29) is 5.91 Å². The van der Waals surface area contributed by atoms with Crippen LogP contribution in [0.4, 0.5) is 0 Å². The first-order valence-corrected chi connectivity index (χ1v) is 9.22. The van der Waals surface area contributed by atoms with Gasteiger partial charge in [0.2, 0.25) is 17.6 Å². The molecule has 122 valence electrons. The fourth-order valence-electron chi connectivity index (χ4n) is 2.77. The number of hydrogen-bond acceptors (Lipinski definition) is 5. The summed E-state index contributed by atoms with van der Waals surface area (Å²) < 4.78 is 5.24. The fraction of sp³-hybridized carbons (Fsp3) is 0.471. The van der Waals surface area contributed by atoms with Crippen LogP contribution in [0, 0.1) is 0 Å². The van der Waals surface area contributed by atoms with Crippen LogP contribution < -0.4 is 5.32 Å². The monoisotopic (exact) mass is 331 g/mol. The van der Waals surface area contributed by atoms with E-state index < -0.39 is 0 Å². The maximum Gasteiger partial charge on any atom is 0.236 e. The Bertz CT molecular complexity index is 624. The van der Waals surface area contributed by atoms with E-state index in [4.69, 9.17) is 4.52 Å². The van der Waals surface area contributed by atoms with Gasteiger partial charge in [-0.15, -0.1) is 11.8 Å². The van der Waals surface area contributed by atoms with Gasteiger partial charge in [0.1, 0.15) is 0 Å². The first-order valence-electron chi connectivity index (χ1n) is 8.06. The van der Waals surface area contributed by atoms with Crippen LogP contribution >= 0.6 is 11.8 Å². The molecule has 0 unspecified atom stereocenters. The van der Waals surface area contributed by atoms with Gasteiger partial charge in [-0.1, -0.05) is 54.8 Å². The minimum atomic E-state index is 0.102. The Labute approximate surface area is 140 Å². The molecule has 1 aliphatic rings. The van der Waals surface area contributed by atoms with Crippen molar-refractivity contribution in [2.24, 2.45) is 0 Å². The number of nitrogens with one attached hydrogen (secondary N) is 1. The zero-order chi connectivity index (χ0) is 15.9. The van der Waals surface area contributed by atoms with Crippen molar-refractivity contribution in [1.29, 1.82) is 0 Å². The van der Waals surface area contributed by atoms with Crippen LogP contribution in [0.1, 0.15) is 38.0 Å². The minimum absolute atomic E-state index is 0.102. The molecule has 1 amide bonds. The Balaban J connectivity index is 1.42. The van der Waals surface area contributed by atoms with Gasteiger partial charge in [-0.2, -0.15) is 4.98 Å². The van der Waals surface area contributed by atoms with Crippen LogP contribution in [0.5, 0.6) is 0 Å². The van der Waals surface area contributed by atoms with Crippen LogP contribution in [0.25, 0.3) is 11.4 Å². The van der Waals surface area contributed by atoms with Gasteiger partial charge in [-0.3, -0.25) is 4.79 Å². The van der Waals surface area contributed by atoms with Gasteiger partial charge in [-0.05, 0) is 12.8 Å². The number of aromatic nitrogens is 2. The summed E-state index contributed by atoms with van der Waals surface area (Å²) in [5, 5.41) is 7.09. The summed E-state index contributed by atoms with van der Waals surface area (Å²) in [6, 6.07) is 10.1. The number of carbonyl (C=O) groups is 1. The zero-order valence-corrected chi connectivity index (χ0v) is 13.8. The molecular formula is C17H21N3O2S. The Morgan fingerprint density at radius 3 is 2.78 bits per heavy atom. The third-order valence-corrected chi connectivity index (χ3v) is 4.85. The normalized spacial score (nSPS) is 15.5. The van der Waals surface area contributed by atoms with Gasteiger partial charge < -0.3 is 9.84 Å². The summed E-state index contributed by atoms with van der Waals surface area (Å²) >= 11 is 1.50. The van der Waals surface area contributed by atoms with Crippen molar-refractivity contribution in [2.75, 3.05) is 5.75 Å². The van der Waals surface area contributed by atoms with Crippen LogP contribution in [0.3, 0.4) is 0 Å². The Morgan fingerprint density at radius 2 is 2.00 bits per heavy atom. The fourth-order valence-corrected chi connectivity index (χ4v) is 3.43. The third-order valence-electron chi connectivity index (χ3n) is 3.93. The summed E-state index contributed by atoms with van der Waals surface area (Å²) in [5.74, 6) is 2.23. The summed E-state index contributed by atoms with van der Waals surface area (Å²) in [6.07, 6.45) is 5.97. The van der Waals surface area contributed by atoms with E-state index in [0.717, 1.165) is 18.4 Å². The largest absolute Gasteiger partial charge is 0.353 e. The first kappa shape index (κ1) is 16.1. The van der Waals surface area contributed by atoms with Gasteiger partial charge in [0.15, 0.2) is 0 Å². The molecule has 0 bridgehead atoms. The Morgan fingerprint density at radius 1 is 1.22 bits per heavy atom. The molecular weight excluding hydrogens is 310 g/mol. The molecule has 0 atom stereocenters. The van der Waals surface area contributed by atoms with Crippen molar-refractivity contribution in [3.63, 3.8) is 0 Å². The summed E-state index contributed by atoms with van der Waals surface area (Å²) in [4.78, 5) is 16.3. The highest BCUT2D eigenvalue weighted by molar-refractivity contribution is 7.99. The lowest BCUT2D eigenvalue weighted by molar-refractivity contribution is -0.119. The van der Waals surface area contributed by atoms with Crippen molar-refractivity contribution in [3.8, 4) is 11.4 Å². The number of hydrogen-bond donors (Lipinski definition) is 1. The maximum absolute atomic E-state index is 11.9. The topological polar surface area (TPSA) is 68.0 Å². The number of carbonyl (C=O) groups excluding carboxylic acids is 1. The molecule has 23 heavy (non-hydrogen) atoms. The van der Waals surface area contributed by atoms with Gasteiger partial charge in [0.25, 0.3) is 0 Å². The average molecular weight is 331 g/mol. The number of benzene rings is 1. The van der Waals surface area contributed by atoms with E-state index in [1.807, 2.05) is 30.3 Å². The van der Waals surface area contributed by atoms with Gasteiger partial charge in [0.05, 0.1) is 11.5 Å². The highest BCUT2D eigenvalue weighted by Crippen LogP contribution is 2.19. The second kappa shape index (κ2) is 8.15. The third kappa shape index (κ3) is 4.82. The lowest BCUT2D eigenvalue weighted by Crippen LogP contribution is -2.37. The highest BCUT2D eigenvalue weighted by Gasteiger charge is 2.16. The van der Waals surface area contributed by atoms with E-state index in [9.17, 15) is 4.79 Å². The highest BCUT2D eigenvalue weighted by atomic mass is 32.2. The van der Waals surface area contributed by atoms with E-state index in [2.05, 4.69) is 15.5 Å². The van der Waals surface area contributed by atoms with Crippen molar-refractivity contribution in [2.45, 2.75) is 43.9 Å². The molecule has 1 heterocycles. The molecule has 1 aliphatic carbocycles. The van der Waals surface area contributed by atoms with E-state index in [0.29, 0.717) is 29.3 Å². The van der Waals surface area contributed by atoms with Crippen LogP contribution in [-0.2, 0) is 10.5 Å². The van der Waals surface area contributed by atoms with Crippen molar-refractivity contribution in [1.82, 2.24) is 15.5 Å².